The van der Waals surface area contributed by atoms with Gasteiger partial charge in [-0.15, -0.1) is 0 Å². The van der Waals surface area contributed by atoms with Gasteiger partial charge in [0, 0.05) is 66.0 Å². The van der Waals surface area contributed by atoms with E-state index in [1.165, 1.54) is 5.69 Å². The molecule has 3 aliphatic rings. The quantitative estimate of drug-likeness (QED) is 0.285. The third kappa shape index (κ3) is 5.31. The molecule has 45 heavy (non-hydrogen) atoms. The number of piperazine rings is 1. The minimum Gasteiger partial charge on any atom is -0.365 e. The zero-order valence-electron chi connectivity index (χ0n) is 24.8. The Balaban J connectivity index is 0.849. The maximum atomic E-state index is 13.4. The summed E-state index contributed by atoms with van der Waals surface area (Å²) < 4.78 is 0. The van der Waals surface area contributed by atoms with Crippen molar-refractivity contribution in [2.24, 2.45) is 5.92 Å². The number of likely N-dealkylation sites (tertiary alicyclic amines) is 2. The van der Waals surface area contributed by atoms with E-state index >= 15 is 0 Å². The molecular formula is C35H34N8O2. The Kier molecular flexibility index (Phi) is 6.98. The first kappa shape index (κ1) is 27.5. The molecule has 10 nitrogen and oxygen atoms in total. The molecule has 0 saturated carbocycles. The van der Waals surface area contributed by atoms with Gasteiger partial charge in [0.2, 0.25) is 11.8 Å². The van der Waals surface area contributed by atoms with Crippen molar-refractivity contribution in [1.29, 1.82) is 0 Å². The largest absolute Gasteiger partial charge is 0.365 e. The van der Waals surface area contributed by atoms with Crippen LogP contribution in [-0.2, 0) is 9.59 Å². The van der Waals surface area contributed by atoms with Gasteiger partial charge in [-0.25, -0.2) is 9.97 Å². The number of carbonyl (C=O) groups is 2. The van der Waals surface area contributed by atoms with E-state index in [1.807, 2.05) is 54.6 Å². The summed E-state index contributed by atoms with van der Waals surface area (Å²) in [6.07, 6.45) is 5.24. The number of benzene rings is 3. The highest BCUT2D eigenvalue weighted by Gasteiger charge is 2.45. The van der Waals surface area contributed by atoms with Crippen LogP contribution in [0, 0.1) is 5.92 Å². The Morgan fingerprint density at radius 1 is 0.867 bits per heavy atom. The van der Waals surface area contributed by atoms with Crippen LogP contribution >= 0.6 is 0 Å². The predicted octanol–water partition coefficient (Wildman–Crippen LogP) is 4.44. The van der Waals surface area contributed by atoms with E-state index in [4.69, 9.17) is 0 Å². The third-order valence-electron chi connectivity index (χ3n) is 9.46. The summed E-state index contributed by atoms with van der Waals surface area (Å²) in [5.41, 5.74) is 5.73. The summed E-state index contributed by atoms with van der Waals surface area (Å²) in [4.78, 5) is 41.9. The van der Waals surface area contributed by atoms with E-state index in [0.717, 1.165) is 71.7 Å². The number of nitrogens with zero attached hydrogens (tertiary/aromatic N) is 6. The fourth-order valence-electron chi connectivity index (χ4n) is 7.16. The number of H-pyrrole nitrogens is 1. The van der Waals surface area contributed by atoms with Crippen molar-refractivity contribution in [2.75, 3.05) is 42.9 Å². The lowest BCUT2D eigenvalue weighted by molar-refractivity contribution is -0.133. The second-order valence-electron chi connectivity index (χ2n) is 12.3. The molecule has 8 rings (SSSR count). The highest BCUT2D eigenvalue weighted by Crippen LogP contribution is 2.36. The molecule has 3 saturated heterocycles. The fourth-order valence-corrected chi connectivity index (χ4v) is 7.16. The number of rotatable bonds is 7. The SMILES string of the molecule is O=C(Nc1ccc2[nH]nc(-c3ccccc3)c2c1)[C@@H]1CCN(CC(=O)N2C[C@H]3C[C@@H]2CN3c2ccc(-c3ncccn3)cc2)C1. The van der Waals surface area contributed by atoms with E-state index < -0.39 is 0 Å². The Morgan fingerprint density at radius 3 is 2.47 bits per heavy atom. The molecule has 3 aromatic carbocycles. The summed E-state index contributed by atoms with van der Waals surface area (Å²) in [6.45, 7) is 3.28. The van der Waals surface area contributed by atoms with Gasteiger partial charge in [-0.05, 0) is 67.9 Å². The van der Waals surface area contributed by atoms with Crippen molar-refractivity contribution in [3.8, 4) is 22.6 Å². The van der Waals surface area contributed by atoms with Crippen molar-refractivity contribution in [3.63, 3.8) is 0 Å². The van der Waals surface area contributed by atoms with Crippen LogP contribution in [0.4, 0.5) is 11.4 Å². The number of amides is 2. The minimum absolute atomic E-state index is 0.00484. The molecule has 3 fully saturated rings. The van der Waals surface area contributed by atoms with E-state index in [1.54, 1.807) is 12.4 Å². The number of anilines is 2. The lowest BCUT2D eigenvalue weighted by Crippen LogP contribution is -2.51. The van der Waals surface area contributed by atoms with E-state index in [9.17, 15) is 9.59 Å². The van der Waals surface area contributed by atoms with Crippen molar-refractivity contribution in [3.05, 3.63) is 91.3 Å². The van der Waals surface area contributed by atoms with Gasteiger partial charge in [0.05, 0.1) is 29.7 Å². The van der Waals surface area contributed by atoms with Crippen molar-refractivity contribution >= 4 is 34.1 Å². The summed E-state index contributed by atoms with van der Waals surface area (Å²) in [5, 5.41) is 11.7. The fraction of sp³-hybridized carbons (Fsp3) is 0.286. The van der Waals surface area contributed by atoms with Crippen molar-refractivity contribution in [2.45, 2.75) is 24.9 Å². The van der Waals surface area contributed by atoms with Gasteiger partial charge in [0.25, 0.3) is 0 Å². The molecule has 5 heterocycles. The zero-order valence-corrected chi connectivity index (χ0v) is 24.8. The van der Waals surface area contributed by atoms with Crippen LogP contribution < -0.4 is 10.2 Å². The van der Waals surface area contributed by atoms with Crippen LogP contribution in [0.15, 0.2) is 91.3 Å². The van der Waals surface area contributed by atoms with Crippen LogP contribution in [0.1, 0.15) is 12.8 Å². The molecule has 0 aliphatic carbocycles. The Labute approximate surface area is 261 Å². The van der Waals surface area contributed by atoms with Gasteiger partial charge in [-0.3, -0.25) is 19.6 Å². The molecular weight excluding hydrogens is 564 g/mol. The standard InChI is InChI=1S/C35H34N8O2/c44-32(43-21-28-18-29(43)20-42(28)27-10-7-24(8-11-27)34-36-14-4-15-37-34)22-41-16-13-25(19-41)35(45)38-26-9-12-31-30(17-26)33(40-39-31)23-5-2-1-3-6-23/h1-12,14-15,17,25,28-29H,13,16,18-22H2,(H,38,45)(H,39,40)/t25-,28-,29-/m1/s1. The van der Waals surface area contributed by atoms with E-state index in [2.05, 4.69) is 64.4 Å². The maximum absolute atomic E-state index is 13.4. The van der Waals surface area contributed by atoms with Gasteiger partial charge in [-0.2, -0.15) is 5.10 Å². The molecule has 3 aliphatic heterocycles. The Bertz CT molecular complexity index is 1840. The first-order valence-electron chi connectivity index (χ1n) is 15.6. The van der Waals surface area contributed by atoms with Gasteiger partial charge < -0.3 is 15.1 Å². The lowest BCUT2D eigenvalue weighted by Gasteiger charge is -2.36. The minimum atomic E-state index is -0.152. The van der Waals surface area contributed by atoms with E-state index in [-0.39, 0.29) is 23.8 Å². The molecule has 0 unspecified atom stereocenters. The maximum Gasteiger partial charge on any atom is 0.237 e. The molecule has 2 N–H and O–H groups in total. The number of nitrogens with one attached hydrogen (secondary N) is 2. The van der Waals surface area contributed by atoms with Gasteiger partial charge in [-0.1, -0.05) is 30.3 Å². The highest BCUT2D eigenvalue weighted by molar-refractivity contribution is 5.99. The topological polar surface area (TPSA) is 110 Å². The summed E-state index contributed by atoms with van der Waals surface area (Å²) in [5.74, 6) is 0.730. The van der Waals surface area contributed by atoms with Crippen LogP contribution in [0.5, 0.6) is 0 Å². The summed E-state index contributed by atoms with van der Waals surface area (Å²) >= 11 is 0. The molecule has 2 aromatic heterocycles. The molecule has 2 bridgehead atoms. The Morgan fingerprint density at radius 2 is 1.69 bits per heavy atom. The van der Waals surface area contributed by atoms with Gasteiger partial charge in [0.15, 0.2) is 5.82 Å². The van der Waals surface area contributed by atoms with Gasteiger partial charge >= 0.3 is 0 Å². The predicted molar refractivity (Wildman–Crippen MR) is 173 cm³/mol. The number of aromatic amines is 1. The van der Waals surface area contributed by atoms with Crippen LogP contribution in [0.25, 0.3) is 33.5 Å². The lowest BCUT2D eigenvalue weighted by atomic mass is 10.1. The zero-order chi connectivity index (χ0) is 30.3. The smallest absolute Gasteiger partial charge is 0.237 e. The van der Waals surface area contributed by atoms with Gasteiger partial charge in [0.1, 0.15) is 0 Å². The molecule has 10 heteroatoms. The van der Waals surface area contributed by atoms with Crippen LogP contribution in [0.3, 0.4) is 0 Å². The second kappa shape index (κ2) is 11.4. The molecule has 0 spiro atoms. The first-order valence-corrected chi connectivity index (χ1v) is 15.6. The monoisotopic (exact) mass is 598 g/mol. The summed E-state index contributed by atoms with van der Waals surface area (Å²) in [6, 6.07) is 26.6. The molecule has 0 radical (unpaired) electrons. The third-order valence-corrected chi connectivity index (χ3v) is 9.46. The molecule has 5 aromatic rings. The van der Waals surface area contributed by atoms with Crippen LogP contribution in [-0.4, -0.2) is 86.6 Å². The molecule has 3 atom stereocenters. The Hall–Kier alpha value is -5.09. The average Bonchev–Trinajstić information content (AvgIpc) is 3.90. The normalized spacial score (nSPS) is 21.1. The summed E-state index contributed by atoms with van der Waals surface area (Å²) in [7, 11) is 0. The number of hydrogen-bond acceptors (Lipinski definition) is 7. The average molecular weight is 599 g/mol. The van der Waals surface area contributed by atoms with Crippen LogP contribution in [0.2, 0.25) is 0 Å². The highest BCUT2D eigenvalue weighted by atomic mass is 16.2. The first-order chi connectivity index (χ1) is 22.1. The number of hydrogen-bond donors (Lipinski definition) is 2. The number of carbonyl (C=O) groups excluding carboxylic acids is 2. The molecule has 226 valence electrons. The van der Waals surface area contributed by atoms with Crippen molar-refractivity contribution < 1.29 is 9.59 Å². The van der Waals surface area contributed by atoms with Crippen molar-refractivity contribution in [1.82, 2.24) is 30.0 Å². The molecule has 2 amide bonds. The number of aromatic nitrogens is 4. The second-order valence-corrected chi connectivity index (χ2v) is 12.3. The van der Waals surface area contributed by atoms with E-state index in [0.29, 0.717) is 19.1 Å². The number of fused-ring (bicyclic) bond motifs is 3.